The van der Waals surface area contributed by atoms with E-state index in [1.54, 1.807) is 31.2 Å². The standard InChI is InChI=1S/C25H33ClFN3O5S/c1-5-7-13-28-25(32)23(6-2)29(16-18-9-8-10-20(14-18)35-3)24(31)17-30(36(4,33)34)19-11-12-22(27)21(26)15-19/h8-12,14-15,23H,5-7,13,16-17H2,1-4H3,(H,28,32)/t23-/m0/s1. The number of halogens is 2. The van der Waals surface area contributed by atoms with Gasteiger partial charge in [0.05, 0.1) is 24.1 Å². The molecule has 0 aliphatic carbocycles. The summed E-state index contributed by atoms with van der Waals surface area (Å²) in [4.78, 5) is 28.0. The highest BCUT2D eigenvalue weighted by Gasteiger charge is 2.31. The molecule has 0 bridgehead atoms. The smallest absolute Gasteiger partial charge is 0.244 e. The van der Waals surface area contributed by atoms with Crippen LogP contribution in [0.5, 0.6) is 5.75 Å². The summed E-state index contributed by atoms with van der Waals surface area (Å²) in [6.45, 7) is 3.71. The van der Waals surface area contributed by atoms with Crippen LogP contribution in [-0.2, 0) is 26.2 Å². The number of sulfonamides is 1. The van der Waals surface area contributed by atoms with E-state index in [9.17, 15) is 22.4 Å². The molecule has 0 aromatic heterocycles. The maximum absolute atomic E-state index is 13.7. The minimum Gasteiger partial charge on any atom is -0.497 e. The molecule has 2 rings (SSSR count). The fourth-order valence-corrected chi connectivity index (χ4v) is 4.66. The second-order valence-electron chi connectivity index (χ2n) is 8.31. The molecular weight excluding hydrogens is 509 g/mol. The fourth-order valence-electron chi connectivity index (χ4n) is 3.65. The zero-order chi connectivity index (χ0) is 26.9. The average molecular weight is 542 g/mol. The lowest BCUT2D eigenvalue weighted by Crippen LogP contribution is -2.52. The van der Waals surface area contributed by atoms with Crippen molar-refractivity contribution in [2.24, 2.45) is 0 Å². The van der Waals surface area contributed by atoms with Gasteiger partial charge in [0, 0.05) is 13.1 Å². The molecule has 36 heavy (non-hydrogen) atoms. The fraction of sp³-hybridized carbons (Fsp3) is 0.440. The molecule has 0 heterocycles. The topological polar surface area (TPSA) is 96.0 Å². The van der Waals surface area contributed by atoms with Crippen LogP contribution in [-0.4, -0.2) is 57.6 Å². The van der Waals surface area contributed by atoms with Gasteiger partial charge < -0.3 is 15.0 Å². The molecule has 8 nitrogen and oxygen atoms in total. The van der Waals surface area contributed by atoms with Gasteiger partial charge in [-0.25, -0.2) is 12.8 Å². The van der Waals surface area contributed by atoms with Crippen molar-refractivity contribution < 1.29 is 27.1 Å². The Kier molecular flexibility index (Phi) is 11.0. The largest absolute Gasteiger partial charge is 0.497 e. The third-order valence-electron chi connectivity index (χ3n) is 5.57. The Morgan fingerprint density at radius 3 is 2.47 bits per heavy atom. The van der Waals surface area contributed by atoms with Crippen LogP contribution < -0.4 is 14.4 Å². The molecule has 2 aromatic carbocycles. The predicted octanol–water partition coefficient (Wildman–Crippen LogP) is 3.98. The van der Waals surface area contributed by atoms with Gasteiger partial charge in [0.25, 0.3) is 0 Å². The summed E-state index contributed by atoms with van der Waals surface area (Å²) in [7, 11) is -2.42. The van der Waals surface area contributed by atoms with Crippen LogP contribution in [0.25, 0.3) is 0 Å². The van der Waals surface area contributed by atoms with E-state index in [0.717, 1.165) is 35.5 Å². The highest BCUT2D eigenvalue weighted by Crippen LogP contribution is 2.25. The number of methoxy groups -OCH3 is 1. The Bertz CT molecular complexity index is 1160. The van der Waals surface area contributed by atoms with Gasteiger partial charge in [-0.1, -0.05) is 44.0 Å². The number of rotatable bonds is 13. The third-order valence-corrected chi connectivity index (χ3v) is 7.00. The predicted molar refractivity (Wildman–Crippen MR) is 139 cm³/mol. The first kappa shape index (κ1) is 29.4. The third kappa shape index (κ3) is 8.09. The molecule has 0 aliphatic heterocycles. The molecule has 1 N–H and O–H groups in total. The number of hydrogen-bond acceptors (Lipinski definition) is 5. The van der Waals surface area contributed by atoms with Crippen molar-refractivity contribution >= 4 is 39.1 Å². The van der Waals surface area contributed by atoms with Gasteiger partial charge in [-0.05, 0) is 48.7 Å². The Morgan fingerprint density at radius 1 is 1.17 bits per heavy atom. The van der Waals surface area contributed by atoms with Gasteiger partial charge in [0.2, 0.25) is 21.8 Å². The maximum atomic E-state index is 13.7. The number of hydrogen-bond donors (Lipinski definition) is 1. The lowest BCUT2D eigenvalue weighted by atomic mass is 10.1. The number of nitrogens with one attached hydrogen (secondary N) is 1. The number of benzene rings is 2. The van der Waals surface area contributed by atoms with E-state index in [4.69, 9.17) is 16.3 Å². The first-order chi connectivity index (χ1) is 17.0. The zero-order valence-electron chi connectivity index (χ0n) is 21.0. The van der Waals surface area contributed by atoms with Crippen LogP contribution in [0.4, 0.5) is 10.1 Å². The van der Waals surface area contributed by atoms with Crippen LogP contribution in [0.3, 0.4) is 0 Å². The lowest BCUT2D eigenvalue weighted by molar-refractivity contribution is -0.140. The minimum absolute atomic E-state index is 0.0408. The Morgan fingerprint density at radius 2 is 1.89 bits per heavy atom. The summed E-state index contributed by atoms with van der Waals surface area (Å²) in [5.74, 6) is -1.05. The molecule has 0 fully saturated rings. The number of carbonyl (C=O) groups is 2. The first-order valence-corrected chi connectivity index (χ1v) is 13.9. The van der Waals surface area contributed by atoms with Crippen LogP contribution in [0.2, 0.25) is 5.02 Å². The normalized spacial score (nSPS) is 12.1. The summed E-state index contributed by atoms with van der Waals surface area (Å²) in [6, 6.07) is 9.64. The van der Waals surface area contributed by atoms with Crippen molar-refractivity contribution in [3.63, 3.8) is 0 Å². The van der Waals surface area contributed by atoms with Crippen molar-refractivity contribution in [1.82, 2.24) is 10.2 Å². The molecule has 0 aliphatic rings. The molecule has 11 heteroatoms. The second-order valence-corrected chi connectivity index (χ2v) is 10.6. The zero-order valence-corrected chi connectivity index (χ0v) is 22.5. The van der Waals surface area contributed by atoms with Gasteiger partial charge in [0.1, 0.15) is 24.2 Å². The molecule has 0 saturated heterocycles. The van der Waals surface area contributed by atoms with Crippen LogP contribution in [0, 0.1) is 5.82 Å². The molecule has 1 atom stereocenters. The molecule has 2 aromatic rings. The van der Waals surface area contributed by atoms with E-state index in [2.05, 4.69) is 5.32 Å². The van der Waals surface area contributed by atoms with E-state index < -0.39 is 34.3 Å². The first-order valence-electron chi connectivity index (χ1n) is 11.6. The SMILES string of the molecule is CCCCNC(=O)[C@H](CC)N(Cc1cccc(OC)c1)C(=O)CN(c1ccc(F)c(Cl)c1)S(C)(=O)=O. The Labute approximate surface area is 217 Å². The molecule has 0 radical (unpaired) electrons. The summed E-state index contributed by atoms with van der Waals surface area (Å²) in [5.41, 5.74) is 0.747. The summed E-state index contributed by atoms with van der Waals surface area (Å²) < 4.78 is 45.0. The molecule has 0 unspecified atom stereocenters. The van der Waals surface area contributed by atoms with Gasteiger partial charge in [-0.2, -0.15) is 0 Å². The van der Waals surface area contributed by atoms with Gasteiger partial charge in [-0.3, -0.25) is 13.9 Å². The number of amides is 2. The minimum atomic E-state index is -3.95. The quantitative estimate of drug-likeness (QED) is 0.387. The lowest BCUT2D eigenvalue weighted by Gasteiger charge is -2.33. The van der Waals surface area contributed by atoms with Crippen LogP contribution in [0.15, 0.2) is 42.5 Å². The highest BCUT2D eigenvalue weighted by atomic mass is 35.5. The molecular formula is C25H33ClFN3O5S. The number of anilines is 1. The molecule has 198 valence electrons. The number of ether oxygens (including phenoxy) is 1. The second kappa shape index (κ2) is 13.5. The van der Waals surface area contributed by atoms with Crippen LogP contribution >= 0.6 is 11.6 Å². The summed E-state index contributed by atoms with van der Waals surface area (Å²) in [6.07, 6.45) is 2.94. The number of unbranched alkanes of at least 4 members (excludes halogenated alkanes) is 1. The summed E-state index contributed by atoms with van der Waals surface area (Å²) in [5, 5.41) is 2.58. The highest BCUT2D eigenvalue weighted by molar-refractivity contribution is 7.92. The van der Waals surface area contributed by atoms with E-state index in [1.807, 2.05) is 6.92 Å². The number of carbonyl (C=O) groups excluding carboxylic acids is 2. The van der Waals surface area contributed by atoms with Crippen molar-refractivity contribution in [1.29, 1.82) is 0 Å². The number of nitrogens with zero attached hydrogens (tertiary/aromatic N) is 2. The molecule has 0 spiro atoms. The van der Waals surface area contributed by atoms with Crippen molar-refractivity contribution in [2.45, 2.75) is 45.7 Å². The van der Waals surface area contributed by atoms with Crippen molar-refractivity contribution in [3.05, 3.63) is 58.9 Å². The average Bonchev–Trinajstić information content (AvgIpc) is 2.83. The van der Waals surface area contributed by atoms with Crippen LogP contribution in [0.1, 0.15) is 38.7 Å². The van der Waals surface area contributed by atoms with E-state index >= 15 is 0 Å². The molecule has 2 amide bonds. The van der Waals surface area contributed by atoms with Crippen molar-refractivity contribution in [2.75, 3.05) is 30.8 Å². The summed E-state index contributed by atoms with van der Waals surface area (Å²) >= 11 is 5.86. The maximum Gasteiger partial charge on any atom is 0.244 e. The van der Waals surface area contributed by atoms with E-state index in [-0.39, 0.29) is 23.2 Å². The van der Waals surface area contributed by atoms with Gasteiger partial charge >= 0.3 is 0 Å². The van der Waals surface area contributed by atoms with E-state index in [0.29, 0.717) is 24.3 Å². The van der Waals surface area contributed by atoms with Gasteiger partial charge in [0.15, 0.2) is 0 Å². The molecule has 0 saturated carbocycles. The Balaban J connectivity index is 2.44. The Hall–Kier alpha value is -2.85. The van der Waals surface area contributed by atoms with E-state index in [1.165, 1.54) is 18.1 Å². The van der Waals surface area contributed by atoms with Crippen molar-refractivity contribution in [3.8, 4) is 5.75 Å². The van der Waals surface area contributed by atoms with Gasteiger partial charge in [-0.15, -0.1) is 0 Å². The monoisotopic (exact) mass is 541 g/mol.